The van der Waals surface area contributed by atoms with Crippen molar-refractivity contribution in [1.82, 2.24) is 10.4 Å². The number of amides is 4. The summed E-state index contributed by atoms with van der Waals surface area (Å²) >= 11 is 6.21. The van der Waals surface area contributed by atoms with Gasteiger partial charge in [-0.05, 0) is 36.4 Å². The third-order valence-electron chi connectivity index (χ3n) is 5.34. The summed E-state index contributed by atoms with van der Waals surface area (Å²) in [5.74, 6) is -2.23. The molecular formula is C25H20ClN3O5. The van der Waals surface area contributed by atoms with Gasteiger partial charge in [-0.1, -0.05) is 54.1 Å². The number of ether oxygens (including phenoxy) is 1. The van der Waals surface area contributed by atoms with Crippen molar-refractivity contribution in [3.63, 3.8) is 0 Å². The van der Waals surface area contributed by atoms with Crippen LogP contribution in [-0.2, 0) is 9.59 Å². The van der Waals surface area contributed by atoms with Gasteiger partial charge in [0.05, 0.1) is 29.8 Å². The van der Waals surface area contributed by atoms with Crippen LogP contribution in [0.25, 0.3) is 0 Å². The normalized spacial score (nSPS) is 15.2. The number of methoxy groups -OCH3 is 1. The molecule has 1 unspecified atom stereocenters. The van der Waals surface area contributed by atoms with E-state index in [0.29, 0.717) is 5.75 Å². The number of anilines is 1. The second-order valence-electron chi connectivity index (χ2n) is 7.42. The Labute approximate surface area is 200 Å². The highest BCUT2D eigenvalue weighted by atomic mass is 35.5. The van der Waals surface area contributed by atoms with Crippen molar-refractivity contribution in [3.05, 3.63) is 95.0 Å². The first-order valence-electron chi connectivity index (χ1n) is 10.4. The van der Waals surface area contributed by atoms with Crippen LogP contribution < -0.4 is 15.1 Å². The Bertz CT molecular complexity index is 1260. The van der Waals surface area contributed by atoms with Gasteiger partial charge in [-0.25, -0.2) is 9.91 Å². The van der Waals surface area contributed by atoms with Crippen molar-refractivity contribution in [3.8, 4) is 5.75 Å². The molecule has 1 fully saturated rings. The van der Waals surface area contributed by atoms with Gasteiger partial charge < -0.3 is 4.74 Å². The van der Waals surface area contributed by atoms with Gasteiger partial charge in [0, 0.05) is 5.56 Å². The van der Waals surface area contributed by atoms with Gasteiger partial charge in [-0.2, -0.15) is 0 Å². The van der Waals surface area contributed by atoms with Crippen LogP contribution in [0.4, 0.5) is 5.69 Å². The highest BCUT2D eigenvalue weighted by molar-refractivity contribution is 6.34. The van der Waals surface area contributed by atoms with Crippen molar-refractivity contribution in [2.24, 2.45) is 0 Å². The van der Waals surface area contributed by atoms with Gasteiger partial charge >= 0.3 is 0 Å². The molecule has 1 atom stereocenters. The number of carbonyl (C=O) groups excluding carboxylic acids is 4. The Hall–Kier alpha value is -4.17. The molecule has 3 aromatic rings. The lowest BCUT2D eigenvalue weighted by Crippen LogP contribution is -2.54. The van der Waals surface area contributed by atoms with Crippen molar-refractivity contribution in [2.45, 2.75) is 12.5 Å². The topological polar surface area (TPSA) is 96.0 Å². The number of rotatable bonds is 5. The first-order valence-corrected chi connectivity index (χ1v) is 10.7. The van der Waals surface area contributed by atoms with Crippen molar-refractivity contribution in [1.29, 1.82) is 0 Å². The fraction of sp³-hybridized carbons (Fsp3) is 0.120. The zero-order valence-electron chi connectivity index (χ0n) is 18.1. The number of benzene rings is 3. The van der Waals surface area contributed by atoms with E-state index in [9.17, 15) is 19.2 Å². The van der Waals surface area contributed by atoms with E-state index >= 15 is 0 Å². The van der Waals surface area contributed by atoms with Gasteiger partial charge in [-0.3, -0.25) is 24.6 Å². The molecule has 1 saturated heterocycles. The minimum atomic E-state index is -1.28. The molecule has 34 heavy (non-hydrogen) atoms. The number of nitrogens with zero attached hydrogens (tertiary/aromatic N) is 2. The van der Waals surface area contributed by atoms with Crippen LogP contribution in [0.1, 0.15) is 27.1 Å². The summed E-state index contributed by atoms with van der Waals surface area (Å²) in [6, 6.07) is 19.7. The van der Waals surface area contributed by atoms with Crippen LogP contribution >= 0.6 is 11.6 Å². The van der Waals surface area contributed by atoms with Crippen LogP contribution in [0.5, 0.6) is 5.75 Å². The van der Waals surface area contributed by atoms with Gasteiger partial charge in [0.15, 0.2) is 0 Å². The molecule has 3 aromatic carbocycles. The zero-order chi connectivity index (χ0) is 24.2. The van der Waals surface area contributed by atoms with E-state index in [0.717, 1.165) is 9.91 Å². The Morgan fingerprint density at radius 3 is 2.32 bits per heavy atom. The predicted molar refractivity (Wildman–Crippen MR) is 125 cm³/mol. The second-order valence-corrected chi connectivity index (χ2v) is 7.83. The molecule has 1 aliphatic heterocycles. The lowest BCUT2D eigenvalue weighted by atomic mass is 10.1. The van der Waals surface area contributed by atoms with Crippen molar-refractivity contribution < 1.29 is 23.9 Å². The maximum Gasteiger partial charge on any atom is 0.274 e. The molecule has 4 amide bonds. The lowest BCUT2D eigenvalue weighted by molar-refractivity contribution is -0.122. The van der Waals surface area contributed by atoms with E-state index in [1.165, 1.54) is 19.2 Å². The fourth-order valence-electron chi connectivity index (χ4n) is 3.68. The largest absolute Gasteiger partial charge is 0.495 e. The Morgan fingerprint density at radius 2 is 1.62 bits per heavy atom. The highest BCUT2D eigenvalue weighted by Crippen LogP contribution is 2.33. The van der Waals surface area contributed by atoms with E-state index in [1.54, 1.807) is 66.7 Å². The molecule has 0 spiro atoms. The number of halogens is 1. The van der Waals surface area contributed by atoms with Gasteiger partial charge in [0.25, 0.3) is 17.7 Å². The summed E-state index contributed by atoms with van der Waals surface area (Å²) in [5.41, 5.74) is 3.11. The van der Waals surface area contributed by atoms with Crippen LogP contribution in [0, 0.1) is 0 Å². The van der Waals surface area contributed by atoms with E-state index in [4.69, 9.17) is 16.3 Å². The number of hydrogen-bond donors (Lipinski definition) is 1. The number of nitrogens with one attached hydrogen (secondary N) is 1. The Morgan fingerprint density at radius 1 is 0.971 bits per heavy atom. The zero-order valence-corrected chi connectivity index (χ0v) is 18.9. The summed E-state index contributed by atoms with van der Waals surface area (Å²) in [6.07, 6.45) is -0.331. The lowest BCUT2D eigenvalue weighted by Gasteiger charge is -2.28. The van der Waals surface area contributed by atoms with Gasteiger partial charge in [0.1, 0.15) is 11.8 Å². The maximum absolute atomic E-state index is 13.5. The van der Waals surface area contributed by atoms with E-state index in [-0.39, 0.29) is 28.3 Å². The molecule has 0 aliphatic carbocycles. The van der Waals surface area contributed by atoms with E-state index < -0.39 is 29.7 Å². The van der Waals surface area contributed by atoms with Crippen LogP contribution in [0.2, 0.25) is 5.02 Å². The molecule has 1 heterocycles. The monoisotopic (exact) mass is 477 g/mol. The minimum Gasteiger partial charge on any atom is -0.495 e. The average Bonchev–Trinajstić information content (AvgIpc) is 3.15. The molecule has 172 valence electrons. The smallest absolute Gasteiger partial charge is 0.274 e. The first-order chi connectivity index (χ1) is 16.4. The molecule has 1 aliphatic rings. The summed E-state index contributed by atoms with van der Waals surface area (Å²) in [4.78, 5) is 53.7. The Balaban J connectivity index is 1.72. The summed E-state index contributed by atoms with van der Waals surface area (Å²) in [7, 11) is 1.43. The third kappa shape index (κ3) is 4.35. The standard InChI is InChI=1S/C25H20ClN3O5/c1-34-21-14-8-7-13-19(21)28-22(30)15-20(25(28)33)29(24(32)17-11-5-6-12-18(17)26)27-23(31)16-9-3-2-4-10-16/h2-14,20H,15H2,1H3,(H,27,31). The second kappa shape index (κ2) is 9.76. The molecule has 4 rings (SSSR count). The van der Waals surface area contributed by atoms with Crippen LogP contribution in [-0.4, -0.2) is 41.8 Å². The van der Waals surface area contributed by atoms with Gasteiger partial charge in [0.2, 0.25) is 5.91 Å². The summed E-state index contributed by atoms with van der Waals surface area (Å²) < 4.78 is 5.29. The highest BCUT2D eigenvalue weighted by Gasteiger charge is 2.46. The summed E-state index contributed by atoms with van der Waals surface area (Å²) in [5, 5.41) is 1.02. The van der Waals surface area contributed by atoms with Crippen LogP contribution in [0.15, 0.2) is 78.9 Å². The third-order valence-corrected chi connectivity index (χ3v) is 5.67. The Kier molecular flexibility index (Phi) is 6.60. The van der Waals surface area contributed by atoms with Crippen molar-refractivity contribution >= 4 is 40.9 Å². The fourth-order valence-corrected chi connectivity index (χ4v) is 3.90. The SMILES string of the molecule is COc1ccccc1N1C(=O)CC(N(NC(=O)c2ccccc2)C(=O)c2ccccc2Cl)C1=O. The maximum atomic E-state index is 13.5. The molecule has 0 aromatic heterocycles. The predicted octanol–water partition coefficient (Wildman–Crippen LogP) is 3.47. The van der Waals surface area contributed by atoms with E-state index in [2.05, 4.69) is 5.43 Å². The summed E-state index contributed by atoms with van der Waals surface area (Å²) in [6.45, 7) is 0. The van der Waals surface area contributed by atoms with Crippen LogP contribution in [0.3, 0.4) is 0 Å². The molecular weight excluding hydrogens is 458 g/mol. The molecule has 1 N–H and O–H groups in total. The first kappa shape index (κ1) is 23.0. The molecule has 0 saturated carbocycles. The number of imide groups is 1. The number of hydrazine groups is 1. The van der Waals surface area contributed by atoms with Gasteiger partial charge in [-0.15, -0.1) is 0 Å². The average molecular weight is 478 g/mol. The van der Waals surface area contributed by atoms with Crippen molar-refractivity contribution in [2.75, 3.05) is 12.0 Å². The number of hydrogen-bond acceptors (Lipinski definition) is 5. The molecule has 0 bridgehead atoms. The number of para-hydroxylation sites is 2. The quantitative estimate of drug-likeness (QED) is 0.448. The molecule has 9 heteroatoms. The minimum absolute atomic E-state index is 0.0773. The molecule has 8 nitrogen and oxygen atoms in total. The molecule has 0 radical (unpaired) electrons. The van der Waals surface area contributed by atoms with E-state index in [1.807, 2.05) is 0 Å². The number of carbonyl (C=O) groups is 4.